The summed E-state index contributed by atoms with van der Waals surface area (Å²) in [4.78, 5) is 9.73. The van der Waals surface area contributed by atoms with E-state index < -0.39 is 16.4 Å². The molecule has 13 heavy (non-hydrogen) atoms. The highest BCUT2D eigenvalue weighted by molar-refractivity contribution is 5.69. The van der Waals surface area contributed by atoms with Crippen molar-refractivity contribution >= 4 is 11.3 Å². The third-order valence-electron chi connectivity index (χ3n) is 1.63. The Bertz CT molecular complexity index is 374. The molecule has 0 fully saturated rings. The number of para-hydroxylation sites is 1. The second-order valence-corrected chi connectivity index (χ2v) is 2.67. The molecular weight excluding hydrogens is 173 g/mol. The Labute approximate surface area is 74.7 Å². The van der Waals surface area contributed by atoms with Gasteiger partial charge >= 0.3 is 5.69 Å². The molecule has 0 bridgehead atoms. The Kier molecular flexibility index (Phi) is 2.41. The van der Waals surface area contributed by atoms with Crippen molar-refractivity contribution < 1.29 is 9.31 Å². The molecule has 0 saturated carbocycles. The minimum absolute atomic E-state index is 0.241. The number of halogens is 1. The SMILES string of the molecule is C=C(C)c1cccc(F)c1[N+](=O)[O-]. The van der Waals surface area contributed by atoms with Gasteiger partial charge in [-0.1, -0.05) is 12.6 Å². The predicted octanol–water partition coefficient (Wildman–Crippen LogP) is 2.77. The van der Waals surface area contributed by atoms with E-state index >= 15 is 0 Å². The molecule has 4 heteroatoms. The number of allylic oxidation sites excluding steroid dienone is 1. The molecule has 68 valence electrons. The molecular formula is C9H8FNO2. The summed E-state index contributed by atoms with van der Waals surface area (Å²) in [7, 11) is 0. The highest BCUT2D eigenvalue weighted by Crippen LogP contribution is 2.26. The zero-order valence-electron chi connectivity index (χ0n) is 7.08. The van der Waals surface area contributed by atoms with Crippen LogP contribution in [0.15, 0.2) is 24.8 Å². The molecule has 3 nitrogen and oxygen atoms in total. The average Bonchev–Trinajstić information content (AvgIpc) is 2.02. The lowest BCUT2D eigenvalue weighted by Crippen LogP contribution is -1.96. The summed E-state index contributed by atoms with van der Waals surface area (Å²) < 4.78 is 13.0. The van der Waals surface area contributed by atoms with Crippen LogP contribution in [0.5, 0.6) is 0 Å². The van der Waals surface area contributed by atoms with Crippen LogP contribution >= 0.6 is 0 Å². The lowest BCUT2D eigenvalue weighted by atomic mass is 10.1. The minimum Gasteiger partial charge on any atom is -0.258 e. The number of rotatable bonds is 2. The van der Waals surface area contributed by atoms with Crippen molar-refractivity contribution in [3.8, 4) is 0 Å². The lowest BCUT2D eigenvalue weighted by Gasteiger charge is -2.01. The minimum atomic E-state index is -0.828. The van der Waals surface area contributed by atoms with Gasteiger partial charge in [0.1, 0.15) is 0 Å². The first kappa shape index (κ1) is 9.38. The van der Waals surface area contributed by atoms with Gasteiger partial charge in [0.25, 0.3) is 0 Å². The van der Waals surface area contributed by atoms with E-state index in [-0.39, 0.29) is 5.56 Å². The van der Waals surface area contributed by atoms with Crippen molar-refractivity contribution in [2.45, 2.75) is 6.92 Å². The Morgan fingerprint density at radius 2 is 2.23 bits per heavy atom. The monoisotopic (exact) mass is 181 g/mol. The molecule has 1 aromatic carbocycles. The Balaban J connectivity index is 3.43. The van der Waals surface area contributed by atoms with Crippen molar-refractivity contribution in [1.82, 2.24) is 0 Å². The Hall–Kier alpha value is -1.71. The first-order chi connectivity index (χ1) is 6.04. The summed E-state index contributed by atoms with van der Waals surface area (Å²) in [6.07, 6.45) is 0. The van der Waals surface area contributed by atoms with Crippen LogP contribution in [-0.2, 0) is 0 Å². The molecule has 0 atom stereocenters. The first-order valence-corrected chi connectivity index (χ1v) is 3.63. The van der Waals surface area contributed by atoms with E-state index in [9.17, 15) is 14.5 Å². The van der Waals surface area contributed by atoms with Crippen molar-refractivity contribution in [3.63, 3.8) is 0 Å². The van der Waals surface area contributed by atoms with E-state index in [1.54, 1.807) is 6.92 Å². The highest BCUT2D eigenvalue weighted by atomic mass is 19.1. The summed E-state index contributed by atoms with van der Waals surface area (Å²) in [5, 5.41) is 10.5. The van der Waals surface area contributed by atoms with Gasteiger partial charge in [0.15, 0.2) is 0 Å². The lowest BCUT2D eigenvalue weighted by molar-refractivity contribution is -0.387. The maximum atomic E-state index is 13.0. The van der Waals surface area contributed by atoms with Crippen molar-refractivity contribution in [2.75, 3.05) is 0 Å². The van der Waals surface area contributed by atoms with E-state index in [2.05, 4.69) is 6.58 Å². The molecule has 1 aromatic rings. The second kappa shape index (κ2) is 3.35. The van der Waals surface area contributed by atoms with E-state index in [1.807, 2.05) is 0 Å². The number of nitro groups is 1. The van der Waals surface area contributed by atoms with Gasteiger partial charge in [-0.2, -0.15) is 4.39 Å². The van der Waals surface area contributed by atoms with Gasteiger partial charge < -0.3 is 0 Å². The van der Waals surface area contributed by atoms with Gasteiger partial charge in [0, 0.05) is 0 Å². The van der Waals surface area contributed by atoms with E-state index in [4.69, 9.17) is 0 Å². The summed E-state index contributed by atoms with van der Waals surface area (Å²) in [6.45, 7) is 5.14. The maximum absolute atomic E-state index is 13.0. The predicted molar refractivity (Wildman–Crippen MR) is 47.8 cm³/mol. The largest absolute Gasteiger partial charge is 0.312 e. The van der Waals surface area contributed by atoms with Crippen LogP contribution in [0, 0.1) is 15.9 Å². The number of hydrogen-bond donors (Lipinski definition) is 0. The molecule has 0 spiro atoms. The summed E-state index contributed by atoms with van der Waals surface area (Å²) >= 11 is 0. The fourth-order valence-electron chi connectivity index (χ4n) is 1.05. The molecule has 0 N–H and O–H groups in total. The summed E-state index contributed by atoms with van der Waals surface area (Å²) in [6, 6.07) is 3.96. The second-order valence-electron chi connectivity index (χ2n) is 2.67. The zero-order chi connectivity index (χ0) is 10.0. The van der Waals surface area contributed by atoms with E-state index in [0.717, 1.165) is 6.07 Å². The topological polar surface area (TPSA) is 43.1 Å². The van der Waals surface area contributed by atoms with Gasteiger partial charge in [-0.05, 0) is 24.6 Å². The smallest absolute Gasteiger partial charge is 0.258 e. The molecule has 0 radical (unpaired) electrons. The Morgan fingerprint density at radius 1 is 1.62 bits per heavy atom. The molecule has 0 heterocycles. The van der Waals surface area contributed by atoms with Gasteiger partial charge in [0.2, 0.25) is 5.82 Å². The van der Waals surface area contributed by atoms with Crippen LogP contribution in [0.1, 0.15) is 12.5 Å². The molecule has 0 aliphatic rings. The van der Waals surface area contributed by atoms with Crippen LogP contribution in [0.25, 0.3) is 5.57 Å². The third-order valence-corrected chi connectivity index (χ3v) is 1.63. The van der Waals surface area contributed by atoms with E-state index in [0.29, 0.717) is 5.57 Å². The maximum Gasteiger partial charge on any atom is 0.312 e. The normalized spacial score (nSPS) is 9.69. The molecule has 0 aliphatic carbocycles. The molecule has 0 aliphatic heterocycles. The van der Waals surface area contributed by atoms with Crippen LogP contribution in [-0.4, -0.2) is 4.92 Å². The van der Waals surface area contributed by atoms with Crippen LogP contribution < -0.4 is 0 Å². The van der Waals surface area contributed by atoms with Gasteiger partial charge in [-0.3, -0.25) is 10.1 Å². The van der Waals surface area contributed by atoms with Gasteiger partial charge in [0.05, 0.1) is 10.5 Å². The van der Waals surface area contributed by atoms with E-state index in [1.165, 1.54) is 12.1 Å². The van der Waals surface area contributed by atoms with Gasteiger partial charge in [-0.25, -0.2) is 0 Å². The quantitative estimate of drug-likeness (QED) is 0.520. The van der Waals surface area contributed by atoms with Crippen LogP contribution in [0.3, 0.4) is 0 Å². The van der Waals surface area contributed by atoms with Crippen molar-refractivity contribution in [3.05, 3.63) is 46.3 Å². The summed E-state index contributed by atoms with van der Waals surface area (Å²) in [5.41, 5.74) is 0.214. The molecule has 0 saturated heterocycles. The number of nitro benzene ring substituents is 1. The van der Waals surface area contributed by atoms with Crippen molar-refractivity contribution in [1.29, 1.82) is 0 Å². The Morgan fingerprint density at radius 3 is 2.62 bits per heavy atom. The highest BCUT2D eigenvalue weighted by Gasteiger charge is 2.19. The zero-order valence-corrected chi connectivity index (χ0v) is 7.08. The number of nitrogens with zero attached hydrogens (tertiary/aromatic N) is 1. The van der Waals surface area contributed by atoms with Gasteiger partial charge in [-0.15, -0.1) is 0 Å². The number of benzene rings is 1. The van der Waals surface area contributed by atoms with Crippen LogP contribution in [0.4, 0.5) is 10.1 Å². The molecule has 0 unspecified atom stereocenters. The summed E-state index contributed by atoms with van der Waals surface area (Å²) in [5.74, 6) is -0.828. The molecule has 1 rings (SSSR count). The van der Waals surface area contributed by atoms with Crippen LogP contribution in [0.2, 0.25) is 0 Å². The first-order valence-electron chi connectivity index (χ1n) is 3.63. The van der Waals surface area contributed by atoms with Crippen molar-refractivity contribution in [2.24, 2.45) is 0 Å². The standard InChI is InChI=1S/C9H8FNO2/c1-6(2)7-4-3-5-8(10)9(7)11(12)13/h3-5H,1H2,2H3. The molecule has 0 aromatic heterocycles. The number of hydrogen-bond acceptors (Lipinski definition) is 2. The average molecular weight is 181 g/mol. The fraction of sp³-hybridized carbons (Fsp3) is 0.111. The third kappa shape index (κ3) is 1.72. The molecule has 0 amide bonds. The fourth-order valence-corrected chi connectivity index (χ4v) is 1.05.